The van der Waals surface area contributed by atoms with Gasteiger partial charge >= 0.3 is 0 Å². The third-order valence-corrected chi connectivity index (χ3v) is 7.45. The molecule has 2 rings (SSSR count). The number of benzene rings is 1. The number of nitrogens with one attached hydrogen (secondary N) is 2. The monoisotopic (exact) mass is 468 g/mol. The summed E-state index contributed by atoms with van der Waals surface area (Å²) >= 11 is 14.2. The Bertz CT molecular complexity index is 927. The molecule has 27 heavy (non-hydrogen) atoms. The van der Waals surface area contributed by atoms with Gasteiger partial charge < -0.3 is 0 Å². The molecule has 148 valence electrons. The van der Waals surface area contributed by atoms with Crippen molar-refractivity contribution in [3.8, 4) is 0 Å². The van der Waals surface area contributed by atoms with Crippen LogP contribution in [0.5, 0.6) is 0 Å². The number of hydrogen-bond donors (Lipinski definition) is 2. The fourth-order valence-corrected chi connectivity index (χ4v) is 5.21. The lowest BCUT2D eigenvalue weighted by atomic mass is 10.2. The van der Waals surface area contributed by atoms with Crippen LogP contribution in [0.3, 0.4) is 0 Å². The molecule has 1 amide bonds. The van der Waals surface area contributed by atoms with Gasteiger partial charge in [-0.2, -0.15) is 11.8 Å². The first kappa shape index (κ1) is 22.4. The number of thioether (sulfide) groups is 1. The van der Waals surface area contributed by atoms with Gasteiger partial charge in [0.2, 0.25) is 9.47 Å². The van der Waals surface area contributed by atoms with Crippen molar-refractivity contribution >= 4 is 67.4 Å². The second-order valence-electron chi connectivity index (χ2n) is 6.31. The van der Waals surface area contributed by atoms with E-state index in [0.717, 1.165) is 11.3 Å². The molecule has 0 aliphatic rings. The summed E-state index contributed by atoms with van der Waals surface area (Å²) in [6.07, 6.45) is 0. The Morgan fingerprint density at radius 3 is 2.59 bits per heavy atom. The first-order chi connectivity index (χ1) is 12.5. The highest BCUT2D eigenvalue weighted by atomic mass is 35.5. The van der Waals surface area contributed by atoms with Crippen molar-refractivity contribution in [2.24, 2.45) is 0 Å². The molecular formula is C15H18Cl2N4O3S3. The number of amides is 1. The molecule has 0 saturated heterocycles. The summed E-state index contributed by atoms with van der Waals surface area (Å²) in [6.45, 7) is 6.43. The van der Waals surface area contributed by atoms with Gasteiger partial charge in [-0.3, -0.25) is 10.1 Å². The average Bonchev–Trinajstić information content (AvgIpc) is 3.00. The molecule has 7 nitrogen and oxygen atoms in total. The van der Waals surface area contributed by atoms with Gasteiger partial charge in [0.1, 0.15) is 0 Å². The Balaban J connectivity index is 1.99. The van der Waals surface area contributed by atoms with Gasteiger partial charge in [-0.05, 0) is 18.2 Å². The molecule has 0 fully saturated rings. The van der Waals surface area contributed by atoms with Gasteiger partial charge in [-0.25, -0.2) is 13.1 Å². The lowest BCUT2D eigenvalue weighted by molar-refractivity contribution is 0.102. The van der Waals surface area contributed by atoms with Gasteiger partial charge in [-0.1, -0.05) is 55.3 Å². The number of halogens is 2. The van der Waals surface area contributed by atoms with E-state index < -0.39 is 15.9 Å². The van der Waals surface area contributed by atoms with Crippen LogP contribution in [0.15, 0.2) is 22.5 Å². The van der Waals surface area contributed by atoms with E-state index in [2.05, 4.69) is 41.0 Å². The minimum Gasteiger partial charge on any atom is -0.296 e. The summed E-state index contributed by atoms with van der Waals surface area (Å²) in [7, 11) is -3.78. The van der Waals surface area contributed by atoms with Gasteiger partial charge in [0.25, 0.3) is 15.9 Å². The summed E-state index contributed by atoms with van der Waals surface area (Å²) in [4.78, 5) is 12.2. The molecule has 0 spiro atoms. The van der Waals surface area contributed by atoms with Crippen LogP contribution in [0.1, 0.15) is 31.1 Å². The van der Waals surface area contributed by atoms with E-state index in [1.54, 1.807) is 11.8 Å². The predicted molar refractivity (Wildman–Crippen MR) is 112 cm³/mol. The number of hydrogen-bond acceptors (Lipinski definition) is 7. The lowest BCUT2D eigenvalue weighted by Crippen LogP contribution is -2.27. The van der Waals surface area contributed by atoms with Crippen molar-refractivity contribution in [1.82, 2.24) is 14.9 Å². The molecule has 12 heteroatoms. The minimum absolute atomic E-state index is 0.0502. The molecule has 1 aromatic heterocycles. The SMILES string of the molecule is CC(C)(C)SCCNS(=O)(=O)c1nnc(NC(=O)c2ccc(Cl)cc2Cl)s1. The van der Waals surface area contributed by atoms with E-state index in [1.807, 2.05) is 0 Å². The van der Waals surface area contributed by atoms with Crippen LogP contribution in [0.2, 0.25) is 10.0 Å². The molecule has 0 unspecified atom stereocenters. The van der Waals surface area contributed by atoms with Crippen LogP contribution < -0.4 is 10.0 Å². The van der Waals surface area contributed by atoms with Crippen molar-refractivity contribution in [1.29, 1.82) is 0 Å². The van der Waals surface area contributed by atoms with Crippen LogP contribution in [-0.4, -0.2) is 41.6 Å². The normalized spacial score (nSPS) is 12.2. The first-order valence-corrected chi connectivity index (χ1v) is 11.8. The largest absolute Gasteiger partial charge is 0.296 e. The van der Waals surface area contributed by atoms with Crippen molar-refractivity contribution in [2.45, 2.75) is 29.9 Å². The number of nitrogens with zero attached hydrogens (tertiary/aromatic N) is 2. The van der Waals surface area contributed by atoms with Crippen molar-refractivity contribution < 1.29 is 13.2 Å². The molecule has 0 atom stereocenters. The fraction of sp³-hybridized carbons (Fsp3) is 0.400. The van der Waals surface area contributed by atoms with Crippen molar-refractivity contribution in [3.05, 3.63) is 33.8 Å². The third kappa shape index (κ3) is 6.88. The highest BCUT2D eigenvalue weighted by Crippen LogP contribution is 2.25. The summed E-state index contributed by atoms with van der Waals surface area (Å²) in [5.74, 6) is 0.0894. The van der Waals surface area contributed by atoms with E-state index in [1.165, 1.54) is 18.2 Å². The van der Waals surface area contributed by atoms with Crippen LogP contribution in [0.25, 0.3) is 0 Å². The Hall–Kier alpha value is -0.910. The summed E-state index contributed by atoms with van der Waals surface area (Å²) in [5, 5.41) is 10.5. The predicted octanol–water partition coefficient (Wildman–Crippen LogP) is 3.91. The molecular weight excluding hydrogens is 451 g/mol. The molecule has 1 aromatic carbocycles. The van der Waals surface area contributed by atoms with E-state index in [0.29, 0.717) is 10.8 Å². The molecule has 0 aliphatic heterocycles. The number of carbonyl (C=O) groups excluding carboxylic acids is 1. The first-order valence-electron chi connectivity index (χ1n) is 7.71. The number of carbonyl (C=O) groups is 1. The van der Waals surface area contributed by atoms with E-state index in [-0.39, 0.29) is 31.3 Å². The topological polar surface area (TPSA) is 101 Å². The van der Waals surface area contributed by atoms with E-state index in [9.17, 15) is 13.2 Å². The Morgan fingerprint density at radius 2 is 1.96 bits per heavy atom. The molecule has 2 N–H and O–H groups in total. The molecule has 1 heterocycles. The maximum Gasteiger partial charge on any atom is 0.269 e. The van der Waals surface area contributed by atoms with E-state index in [4.69, 9.17) is 23.2 Å². The molecule has 0 radical (unpaired) electrons. The highest BCUT2D eigenvalue weighted by molar-refractivity contribution is 8.00. The number of anilines is 1. The van der Waals surface area contributed by atoms with Crippen LogP contribution in [0, 0.1) is 0 Å². The lowest BCUT2D eigenvalue weighted by Gasteiger charge is -2.17. The quantitative estimate of drug-likeness (QED) is 0.471. The van der Waals surface area contributed by atoms with Crippen LogP contribution >= 0.6 is 46.3 Å². The minimum atomic E-state index is -3.78. The molecule has 0 aliphatic carbocycles. The molecule has 0 bridgehead atoms. The maximum absolute atomic E-state index is 12.3. The number of rotatable bonds is 7. The second-order valence-corrected chi connectivity index (χ2v) is 12.0. The highest BCUT2D eigenvalue weighted by Gasteiger charge is 2.21. The van der Waals surface area contributed by atoms with Gasteiger partial charge in [0, 0.05) is 22.1 Å². The van der Waals surface area contributed by atoms with Gasteiger partial charge in [0.05, 0.1) is 10.6 Å². The Labute approximate surface area is 176 Å². The fourth-order valence-electron chi connectivity index (χ4n) is 1.80. The van der Waals surface area contributed by atoms with Crippen molar-refractivity contribution in [2.75, 3.05) is 17.6 Å². The molecule has 2 aromatic rings. The third-order valence-electron chi connectivity index (χ3n) is 2.96. The average molecular weight is 469 g/mol. The van der Waals surface area contributed by atoms with Gasteiger partial charge in [-0.15, -0.1) is 10.2 Å². The zero-order valence-corrected chi connectivity index (χ0v) is 18.7. The van der Waals surface area contributed by atoms with Crippen LogP contribution in [0.4, 0.5) is 5.13 Å². The Morgan fingerprint density at radius 1 is 1.26 bits per heavy atom. The zero-order valence-electron chi connectivity index (χ0n) is 14.7. The summed E-state index contributed by atoms with van der Waals surface area (Å²) in [6, 6.07) is 4.43. The summed E-state index contributed by atoms with van der Waals surface area (Å²) in [5.41, 5.74) is 0.193. The van der Waals surface area contributed by atoms with E-state index >= 15 is 0 Å². The second kappa shape index (κ2) is 9.06. The number of aromatic nitrogens is 2. The standard InChI is InChI=1S/C15H18Cl2N4O3S3/c1-15(2,3)25-7-6-18-27(23,24)14-21-20-13(26-14)19-12(22)10-5-4-9(16)8-11(10)17/h4-5,8,18H,6-7H2,1-3H3,(H,19,20,22). The van der Waals surface area contributed by atoms with Crippen LogP contribution in [-0.2, 0) is 10.0 Å². The summed E-state index contributed by atoms with van der Waals surface area (Å²) < 4.78 is 26.8. The molecule has 0 saturated carbocycles. The maximum atomic E-state index is 12.3. The van der Waals surface area contributed by atoms with Gasteiger partial charge in [0.15, 0.2) is 0 Å². The van der Waals surface area contributed by atoms with Crippen molar-refractivity contribution in [3.63, 3.8) is 0 Å². The smallest absolute Gasteiger partial charge is 0.269 e. The Kier molecular flexibility index (Phi) is 7.51. The number of sulfonamides is 1. The zero-order chi connectivity index (χ0) is 20.2.